The first-order valence-electron chi connectivity index (χ1n) is 12.2. The number of fused-ring (bicyclic) bond motifs is 1. The number of hydrogen-bond donors (Lipinski definition) is 2. The van der Waals surface area contributed by atoms with Crippen molar-refractivity contribution >= 4 is 23.5 Å². The molecule has 0 unspecified atom stereocenters. The fraction of sp³-hybridized carbons (Fsp3) is 0.370. The molecule has 1 aromatic heterocycles. The van der Waals surface area contributed by atoms with Crippen molar-refractivity contribution in [2.24, 2.45) is 0 Å². The van der Waals surface area contributed by atoms with E-state index in [-0.39, 0.29) is 29.1 Å². The van der Waals surface area contributed by atoms with Crippen molar-refractivity contribution in [2.45, 2.75) is 50.1 Å². The van der Waals surface area contributed by atoms with Gasteiger partial charge in [-0.25, -0.2) is 9.18 Å². The Balaban J connectivity index is 1.45. The summed E-state index contributed by atoms with van der Waals surface area (Å²) in [6, 6.07) is 9.71. The number of carboxylic acid groups (broad SMARTS) is 1. The summed E-state index contributed by atoms with van der Waals surface area (Å²) in [4.78, 5) is 25.3. The highest BCUT2D eigenvalue weighted by molar-refractivity contribution is 6.34. The number of aromatic nitrogens is 2. The van der Waals surface area contributed by atoms with Crippen LogP contribution >= 0.6 is 11.6 Å². The first-order valence-corrected chi connectivity index (χ1v) is 12.6. The quantitative estimate of drug-likeness (QED) is 0.510. The lowest BCUT2D eigenvalue weighted by Gasteiger charge is -2.33. The van der Waals surface area contributed by atoms with Crippen LogP contribution in [0.1, 0.15) is 62.7 Å². The van der Waals surface area contributed by atoms with Gasteiger partial charge in [0.25, 0.3) is 5.91 Å². The molecule has 0 bridgehead atoms. The maximum atomic E-state index is 15.1. The molecule has 1 atom stereocenters. The molecule has 2 aliphatic carbocycles. The number of carbonyl (C=O) groups is 2. The van der Waals surface area contributed by atoms with Crippen molar-refractivity contribution in [3.8, 4) is 11.3 Å². The topological polar surface area (TPSA) is 93.5 Å². The first kappa shape index (κ1) is 23.3. The molecule has 3 aromatic rings. The van der Waals surface area contributed by atoms with Crippen LogP contribution in [-0.4, -0.2) is 52.1 Å². The van der Waals surface area contributed by atoms with Gasteiger partial charge in [0, 0.05) is 23.6 Å². The average molecular weight is 510 g/mol. The van der Waals surface area contributed by atoms with Crippen LogP contribution in [0, 0.1) is 5.82 Å². The highest BCUT2D eigenvalue weighted by Gasteiger charge is 2.35. The first-order chi connectivity index (χ1) is 17.4. The van der Waals surface area contributed by atoms with Crippen molar-refractivity contribution in [2.75, 3.05) is 13.2 Å². The number of nitrogens with one attached hydrogen (secondary N) is 1. The number of rotatable bonds is 6. The van der Waals surface area contributed by atoms with E-state index in [2.05, 4.69) is 10.4 Å². The van der Waals surface area contributed by atoms with Crippen molar-refractivity contribution < 1.29 is 23.8 Å². The maximum Gasteiger partial charge on any atom is 0.335 e. The molecule has 0 radical (unpaired) electrons. The Kier molecular flexibility index (Phi) is 5.90. The van der Waals surface area contributed by atoms with Gasteiger partial charge in [0.15, 0.2) is 0 Å². The Morgan fingerprint density at radius 1 is 1.14 bits per heavy atom. The number of halogens is 2. The fourth-order valence-electron chi connectivity index (χ4n) is 5.25. The number of benzene rings is 2. The standard InChI is InChI=1S/C27H25ClFN3O4/c28-21-3-1-2-18(14-4-5-14)24(21)26(33)32-23-11-16(30-17-12-36-13-17)7-9-20(23)25(31-32)19-8-6-15(27(34)35)10-22(19)29/h1-3,6,8,10,14,16-17,30H,4-5,7,9,11-13H2,(H,34,35)/t16-/m0/s1. The third-order valence-electron chi connectivity index (χ3n) is 7.32. The molecule has 2 N–H and O–H groups in total. The van der Waals surface area contributed by atoms with E-state index in [1.165, 1.54) is 16.8 Å². The van der Waals surface area contributed by atoms with Crippen molar-refractivity contribution in [1.29, 1.82) is 0 Å². The van der Waals surface area contributed by atoms with Gasteiger partial charge < -0.3 is 15.2 Å². The molecule has 186 valence electrons. The van der Waals surface area contributed by atoms with Gasteiger partial charge in [0.05, 0.1) is 46.8 Å². The Morgan fingerprint density at radius 3 is 2.61 bits per heavy atom. The second-order valence-electron chi connectivity index (χ2n) is 9.81. The van der Waals surface area contributed by atoms with Crippen LogP contribution in [-0.2, 0) is 17.6 Å². The van der Waals surface area contributed by atoms with Crippen LogP contribution in [0.2, 0.25) is 5.02 Å². The van der Waals surface area contributed by atoms with E-state index in [0.29, 0.717) is 48.3 Å². The van der Waals surface area contributed by atoms with E-state index < -0.39 is 11.8 Å². The minimum Gasteiger partial charge on any atom is -0.478 e. The van der Waals surface area contributed by atoms with Gasteiger partial charge in [0.2, 0.25) is 0 Å². The van der Waals surface area contributed by atoms with Crippen LogP contribution < -0.4 is 5.32 Å². The van der Waals surface area contributed by atoms with Crippen molar-refractivity contribution in [3.63, 3.8) is 0 Å². The van der Waals surface area contributed by atoms with Gasteiger partial charge in [0.1, 0.15) is 5.82 Å². The number of carbonyl (C=O) groups excluding carboxylic acids is 1. The molecule has 1 aliphatic heterocycles. The molecule has 2 aromatic carbocycles. The summed E-state index contributed by atoms with van der Waals surface area (Å²) in [5, 5.41) is 17.9. The zero-order valence-electron chi connectivity index (χ0n) is 19.5. The largest absolute Gasteiger partial charge is 0.478 e. The molecule has 0 spiro atoms. The molecule has 2 heterocycles. The molecule has 1 saturated heterocycles. The van der Waals surface area contributed by atoms with Gasteiger partial charge in [-0.1, -0.05) is 23.7 Å². The molecule has 3 aliphatic rings. The second-order valence-corrected chi connectivity index (χ2v) is 10.2. The number of aromatic carboxylic acids is 1. The predicted octanol–water partition coefficient (Wildman–Crippen LogP) is 4.45. The van der Waals surface area contributed by atoms with E-state index in [1.807, 2.05) is 12.1 Å². The lowest BCUT2D eigenvalue weighted by Crippen LogP contribution is -2.52. The molecule has 9 heteroatoms. The maximum absolute atomic E-state index is 15.1. The van der Waals surface area contributed by atoms with E-state index in [4.69, 9.17) is 16.3 Å². The molecule has 6 rings (SSSR count). The highest BCUT2D eigenvalue weighted by atomic mass is 35.5. The Labute approximate surface area is 212 Å². The molecule has 7 nitrogen and oxygen atoms in total. The SMILES string of the molecule is O=C(O)c1ccc(-c2nn(C(=O)c3c(Cl)cccc3C3CC3)c3c2CC[C@H](NC2COC2)C3)c(F)c1. The molecular formula is C27H25ClFN3O4. The van der Waals surface area contributed by atoms with E-state index >= 15 is 4.39 Å². The zero-order valence-corrected chi connectivity index (χ0v) is 20.2. The predicted molar refractivity (Wildman–Crippen MR) is 131 cm³/mol. The van der Waals surface area contributed by atoms with E-state index in [9.17, 15) is 14.7 Å². The summed E-state index contributed by atoms with van der Waals surface area (Å²) in [5.74, 6) is -1.90. The summed E-state index contributed by atoms with van der Waals surface area (Å²) in [7, 11) is 0. The van der Waals surface area contributed by atoms with Gasteiger partial charge >= 0.3 is 5.97 Å². The Morgan fingerprint density at radius 2 is 1.94 bits per heavy atom. The lowest BCUT2D eigenvalue weighted by atomic mass is 9.89. The third kappa shape index (κ3) is 4.13. The third-order valence-corrected chi connectivity index (χ3v) is 7.64. The van der Waals surface area contributed by atoms with Crippen LogP contribution in [0.3, 0.4) is 0 Å². The van der Waals surface area contributed by atoms with Crippen LogP contribution in [0.25, 0.3) is 11.3 Å². The summed E-state index contributed by atoms with van der Waals surface area (Å²) in [5.41, 5.74) is 3.34. The molecule has 0 amide bonds. The minimum absolute atomic E-state index is 0.135. The number of ether oxygens (including phenoxy) is 1. The van der Waals surface area contributed by atoms with Gasteiger partial charge in [-0.15, -0.1) is 0 Å². The monoisotopic (exact) mass is 509 g/mol. The average Bonchev–Trinajstić information content (AvgIpc) is 3.62. The summed E-state index contributed by atoms with van der Waals surface area (Å²) in [6.45, 7) is 1.33. The van der Waals surface area contributed by atoms with Gasteiger partial charge in [-0.05, 0) is 61.4 Å². The van der Waals surface area contributed by atoms with Crippen LogP contribution in [0.15, 0.2) is 36.4 Å². The molecule has 2 fully saturated rings. The molecule has 1 saturated carbocycles. The molecule has 36 heavy (non-hydrogen) atoms. The summed E-state index contributed by atoms with van der Waals surface area (Å²) >= 11 is 6.55. The number of hydrogen-bond acceptors (Lipinski definition) is 5. The zero-order chi connectivity index (χ0) is 25.0. The second kappa shape index (κ2) is 9.10. The lowest BCUT2D eigenvalue weighted by molar-refractivity contribution is -0.0107. The smallest absolute Gasteiger partial charge is 0.335 e. The summed E-state index contributed by atoms with van der Waals surface area (Å²) in [6.07, 6.45) is 4.01. The molecular weight excluding hydrogens is 485 g/mol. The highest BCUT2D eigenvalue weighted by Crippen LogP contribution is 2.44. The van der Waals surface area contributed by atoms with Gasteiger partial charge in [-0.3, -0.25) is 4.79 Å². The van der Waals surface area contributed by atoms with Gasteiger partial charge in [-0.2, -0.15) is 9.78 Å². The Bertz CT molecular complexity index is 1380. The number of carboxylic acids is 1. The van der Waals surface area contributed by atoms with Crippen molar-refractivity contribution in [1.82, 2.24) is 15.1 Å². The van der Waals surface area contributed by atoms with Crippen LogP contribution in [0.5, 0.6) is 0 Å². The number of nitrogens with zero attached hydrogens (tertiary/aromatic N) is 2. The van der Waals surface area contributed by atoms with Crippen molar-refractivity contribution in [3.05, 3.63) is 75.2 Å². The summed E-state index contributed by atoms with van der Waals surface area (Å²) < 4.78 is 21.8. The van der Waals surface area contributed by atoms with Crippen LogP contribution in [0.4, 0.5) is 4.39 Å². The van der Waals surface area contributed by atoms with E-state index in [1.54, 1.807) is 6.07 Å². The van der Waals surface area contributed by atoms with E-state index in [0.717, 1.165) is 42.1 Å². The Hall–Kier alpha value is -3.07. The normalized spacial score (nSPS) is 19.6. The fourth-order valence-corrected chi connectivity index (χ4v) is 5.51. The minimum atomic E-state index is -1.21.